The van der Waals surface area contributed by atoms with Gasteiger partial charge in [-0.2, -0.15) is 0 Å². The van der Waals surface area contributed by atoms with Gasteiger partial charge in [-0.3, -0.25) is 9.80 Å². The quantitative estimate of drug-likeness (QED) is 0.771. The van der Waals surface area contributed by atoms with Gasteiger partial charge in [0.2, 0.25) is 0 Å². The molecule has 0 aliphatic carbocycles. The minimum absolute atomic E-state index is 0.178. The van der Waals surface area contributed by atoms with Crippen LogP contribution in [-0.4, -0.2) is 84.4 Å². The van der Waals surface area contributed by atoms with Gasteiger partial charge in [-0.25, -0.2) is 4.39 Å². The highest BCUT2D eigenvalue weighted by Gasteiger charge is 2.34. The summed E-state index contributed by atoms with van der Waals surface area (Å²) in [4.78, 5) is 7.49. The molecule has 2 aliphatic rings. The first-order valence-electron chi connectivity index (χ1n) is 10.7. The molecule has 0 spiro atoms. The van der Waals surface area contributed by atoms with E-state index in [1.807, 2.05) is 0 Å². The summed E-state index contributed by atoms with van der Waals surface area (Å²) in [6.07, 6.45) is 3.18. The molecule has 0 radical (unpaired) electrons. The molecule has 28 heavy (non-hydrogen) atoms. The smallest absolute Gasteiger partial charge is 0.127 e. The molecule has 1 N–H and O–H groups in total. The Labute approximate surface area is 169 Å². The Morgan fingerprint density at radius 1 is 1.18 bits per heavy atom. The van der Waals surface area contributed by atoms with Crippen LogP contribution in [0.25, 0.3) is 0 Å². The number of hydrogen-bond acceptors (Lipinski definition) is 5. The topological polar surface area (TPSA) is 39.2 Å². The number of methoxy groups -OCH3 is 1. The molecule has 6 heteroatoms. The second-order valence-corrected chi connectivity index (χ2v) is 8.46. The molecule has 158 valence electrons. The summed E-state index contributed by atoms with van der Waals surface area (Å²) >= 11 is 0. The number of nitrogens with zero attached hydrogens (tertiary/aromatic N) is 3. The number of halogens is 1. The lowest BCUT2D eigenvalue weighted by atomic mass is 9.97. The van der Waals surface area contributed by atoms with E-state index >= 15 is 0 Å². The number of likely N-dealkylation sites (tertiary alicyclic amines) is 1. The van der Waals surface area contributed by atoms with Crippen LogP contribution in [0.5, 0.6) is 5.75 Å². The SMILES string of the molecule is COc1ccc(F)c(CN2CCN(C3CCN(C(C)C)CC3)[C@@H](CCO)C2)c1. The van der Waals surface area contributed by atoms with E-state index in [0.29, 0.717) is 36.0 Å². The molecule has 0 unspecified atom stereocenters. The first-order valence-corrected chi connectivity index (χ1v) is 10.7. The van der Waals surface area contributed by atoms with Gasteiger partial charge in [0, 0.05) is 56.5 Å². The maximum absolute atomic E-state index is 14.2. The van der Waals surface area contributed by atoms with Gasteiger partial charge in [0.1, 0.15) is 11.6 Å². The maximum Gasteiger partial charge on any atom is 0.127 e. The average molecular weight is 394 g/mol. The summed E-state index contributed by atoms with van der Waals surface area (Å²) in [6.45, 7) is 10.4. The van der Waals surface area contributed by atoms with Crippen LogP contribution in [0.1, 0.15) is 38.7 Å². The largest absolute Gasteiger partial charge is 0.497 e. The monoisotopic (exact) mass is 393 g/mol. The van der Waals surface area contributed by atoms with Gasteiger partial charge in [0.15, 0.2) is 0 Å². The van der Waals surface area contributed by atoms with Crippen molar-refractivity contribution in [3.63, 3.8) is 0 Å². The predicted octanol–water partition coefficient (Wildman–Crippen LogP) is 2.58. The van der Waals surface area contributed by atoms with Gasteiger partial charge in [0.25, 0.3) is 0 Å². The molecule has 2 heterocycles. The van der Waals surface area contributed by atoms with E-state index in [1.165, 1.54) is 18.9 Å². The predicted molar refractivity (Wildman–Crippen MR) is 110 cm³/mol. The molecule has 1 aromatic carbocycles. The maximum atomic E-state index is 14.2. The average Bonchev–Trinajstić information content (AvgIpc) is 2.70. The fraction of sp³-hybridized carbons (Fsp3) is 0.727. The van der Waals surface area contributed by atoms with E-state index in [2.05, 4.69) is 28.5 Å². The van der Waals surface area contributed by atoms with Crippen LogP contribution in [0.2, 0.25) is 0 Å². The highest BCUT2D eigenvalue weighted by molar-refractivity contribution is 5.29. The third-order valence-electron chi connectivity index (χ3n) is 6.42. The van der Waals surface area contributed by atoms with E-state index in [4.69, 9.17) is 4.74 Å². The molecule has 0 aromatic heterocycles. The lowest BCUT2D eigenvalue weighted by Crippen LogP contribution is -2.58. The summed E-state index contributed by atoms with van der Waals surface area (Å²) in [5.74, 6) is 0.516. The molecule has 2 saturated heterocycles. The van der Waals surface area contributed by atoms with Crippen molar-refractivity contribution in [1.82, 2.24) is 14.7 Å². The Morgan fingerprint density at radius 2 is 1.93 bits per heavy atom. The van der Waals surface area contributed by atoms with Crippen molar-refractivity contribution in [2.75, 3.05) is 46.4 Å². The summed E-state index contributed by atoms with van der Waals surface area (Å²) < 4.78 is 19.5. The zero-order valence-corrected chi connectivity index (χ0v) is 17.6. The number of hydrogen-bond donors (Lipinski definition) is 1. The third-order valence-corrected chi connectivity index (χ3v) is 6.42. The minimum atomic E-state index is -0.178. The Hall–Kier alpha value is -1.21. The van der Waals surface area contributed by atoms with Crippen molar-refractivity contribution in [2.45, 2.75) is 57.8 Å². The van der Waals surface area contributed by atoms with Gasteiger partial charge in [-0.15, -0.1) is 0 Å². The van der Waals surface area contributed by atoms with Crippen LogP contribution in [0.4, 0.5) is 4.39 Å². The van der Waals surface area contributed by atoms with Crippen molar-refractivity contribution < 1.29 is 14.2 Å². The van der Waals surface area contributed by atoms with Crippen LogP contribution in [0.15, 0.2) is 18.2 Å². The standard InChI is InChI=1S/C22H36FN3O2/c1-17(2)25-9-6-19(7-10-25)26-12-11-24(16-20(26)8-13-27)15-18-14-21(28-3)4-5-22(18)23/h4-5,14,17,19-20,27H,6-13,15-16H2,1-3H3/t20-/m0/s1. The van der Waals surface area contributed by atoms with Crippen molar-refractivity contribution in [1.29, 1.82) is 0 Å². The van der Waals surface area contributed by atoms with Gasteiger partial charge < -0.3 is 14.7 Å². The highest BCUT2D eigenvalue weighted by Crippen LogP contribution is 2.26. The van der Waals surface area contributed by atoms with Crippen LogP contribution in [0, 0.1) is 5.82 Å². The van der Waals surface area contributed by atoms with E-state index in [1.54, 1.807) is 19.2 Å². The fourth-order valence-electron chi connectivity index (χ4n) is 4.74. The number of rotatable bonds is 7. The molecule has 5 nitrogen and oxygen atoms in total. The number of aliphatic hydroxyl groups is 1. The van der Waals surface area contributed by atoms with Gasteiger partial charge in [-0.05, 0) is 64.4 Å². The van der Waals surface area contributed by atoms with Gasteiger partial charge in [0.05, 0.1) is 7.11 Å². The second kappa shape index (κ2) is 10.0. The third kappa shape index (κ3) is 5.23. The lowest BCUT2D eigenvalue weighted by molar-refractivity contribution is -0.000297. The Balaban J connectivity index is 1.61. The first kappa shape index (κ1) is 21.5. The van der Waals surface area contributed by atoms with Crippen LogP contribution >= 0.6 is 0 Å². The summed E-state index contributed by atoms with van der Waals surface area (Å²) in [7, 11) is 1.61. The molecule has 1 aromatic rings. The summed E-state index contributed by atoms with van der Waals surface area (Å²) in [5, 5.41) is 9.61. The van der Waals surface area contributed by atoms with E-state index in [9.17, 15) is 9.50 Å². The first-order chi connectivity index (χ1) is 13.5. The molecular weight excluding hydrogens is 357 g/mol. The fourth-order valence-corrected chi connectivity index (χ4v) is 4.74. The molecule has 0 bridgehead atoms. The normalized spacial score (nSPS) is 23.4. The summed E-state index contributed by atoms with van der Waals surface area (Å²) in [5.41, 5.74) is 0.681. The second-order valence-electron chi connectivity index (χ2n) is 8.46. The lowest BCUT2D eigenvalue weighted by Gasteiger charge is -2.48. The van der Waals surface area contributed by atoms with Crippen molar-refractivity contribution in [2.24, 2.45) is 0 Å². The number of piperazine rings is 1. The molecule has 2 fully saturated rings. The Kier molecular flexibility index (Phi) is 7.69. The molecular formula is C22H36FN3O2. The molecule has 0 saturated carbocycles. The van der Waals surface area contributed by atoms with E-state index < -0.39 is 0 Å². The number of benzene rings is 1. The van der Waals surface area contributed by atoms with Crippen molar-refractivity contribution in [3.8, 4) is 5.75 Å². The van der Waals surface area contributed by atoms with Gasteiger partial charge in [-0.1, -0.05) is 0 Å². The Bertz CT molecular complexity index is 620. The Morgan fingerprint density at radius 3 is 2.57 bits per heavy atom. The molecule has 2 aliphatic heterocycles. The van der Waals surface area contributed by atoms with Crippen molar-refractivity contribution >= 4 is 0 Å². The van der Waals surface area contributed by atoms with Crippen LogP contribution < -0.4 is 4.74 Å². The zero-order chi connectivity index (χ0) is 20.1. The highest BCUT2D eigenvalue weighted by atomic mass is 19.1. The molecule has 0 amide bonds. The number of piperidine rings is 1. The van der Waals surface area contributed by atoms with Crippen LogP contribution in [0.3, 0.4) is 0 Å². The van der Waals surface area contributed by atoms with E-state index in [0.717, 1.165) is 39.1 Å². The summed E-state index contributed by atoms with van der Waals surface area (Å²) in [6, 6.07) is 6.49. The number of ether oxygens (including phenoxy) is 1. The molecule has 1 atom stereocenters. The minimum Gasteiger partial charge on any atom is -0.497 e. The molecule has 3 rings (SSSR count). The number of aliphatic hydroxyl groups excluding tert-OH is 1. The van der Waals surface area contributed by atoms with Crippen molar-refractivity contribution in [3.05, 3.63) is 29.6 Å². The van der Waals surface area contributed by atoms with E-state index in [-0.39, 0.29) is 12.4 Å². The van der Waals surface area contributed by atoms with Crippen LogP contribution in [-0.2, 0) is 6.54 Å². The van der Waals surface area contributed by atoms with Gasteiger partial charge >= 0.3 is 0 Å². The zero-order valence-electron chi connectivity index (χ0n) is 17.6.